The molecule has 250 valence electrons. The first-order chi connectivity index (χ1) is 22.4. The molecule has 1 aliphatic carbocycles. The number of carbonyl (C=O) groups excluding carboxylic acids is 4. The van der Waals surface area contributed by atoms with Crippen molar-refractivity contribution >= 4 is 46.8 Å². The third-order valence-corrected chi connectivity index (χ3v) is 10.2. The smallest absolute Gasteiger partial charge is 0.247 e. The van der Waals surface area contributed by atoms with Crippen LogP contribution in [0.15, 0.2) is 72.8 Å². The second-order valence-electron chi connectivity index (χ2n) is 13.0. The van der Waals surface area contributed by atoms with E-state index < -0.39 is 24.3 Å². The minimum atomic E-state index is -0.738. The van der Waals surface area contributed by atoms with Gasteiger partial charge in [0.25, 0.3) is 0 Å². The van der Waals surface area contributed by atoms with Crippen molar-refractivity contribution in [2.45, 2.75) is 76.2 Å². The number of nitrogens with zero attached hydrogens (tertiary/aromatic N) is 3. The van der Waals surface area contributed by atoms with Gasteiger partial charge in [-0.05, 0) is 61.1 Å². The summed E-state index contributed by atoms with van der Waals surface area (Å²) in [6.07, 6.45) is 5.27. The SMILES string of the molecule is CN[C@@H](C)C(=O)N[C@H](C(=O)N1CC(=O)N2[C@@H]1CN(CCc1ccccc1)C(=O)[C@@H]2Cc1cccc2ccccc12)C1CCCCC1.Cl. The Morgan fingerprint density at radius 3 is 2.36 bits per heavy atom. The predicted octanol–water partition coefficient (Wildman–Crippen LogP) is 3.93. The van der Waals surface area contributed by atoms with Crippen LogP contribution in [0.25, 0.3) is 10.8 Å². The molecule has 3 aromatic carbocycles. The minimum Gasteiger partial charge on any atom is -0.343 e. The normalized spacial score (nSPS) is 21.3. The van der Waals surface area contributed by atoms with Crippen molar-refractivity contribution < 1.29 is 19.2 Å². The van der Waals surface area contributed by atoms with E-state index in [-0.39, 0.29) is 55.0 Å². The highest BCUT2D eigenvalue weighted by atomic mass is 35.5. The zero-order valence-electron chi connectivity index (χ0n) is 27.3. The lowest BCUT2D eigenvalue weighted by Gasteiger charge is -2.45. The van der Waals surface area contributed by atoms with Gasteiger partial charge < -0.3 is 25.3 Å². The topological polar surface area (TPSA) is 102 Å². The van der Waals surface area contributed by atoms with Crippen LogP contribution in [-0.2, 0) is 32.0 Å². The molecular weight excluding hydrogens is 614 g/mol. The molecule has 2 saturated heterocycles. The first-order valence-electron chi connectivity index (χ1n) is 16.7. The van der Waals surface area contributed by atoms with Gasteiger partial charge in [-0.15, -0.1) is 12.4 Å². The summed E-state index contributed by atoms with van der Waals surface area (Å²) in [4.78, 5) is 60.9. The molecule has 0 radical (unpaired) electrons. The Kier molecular flexibility index (Phi) is 11.2. The van der Waals surface area contributed by atoms with Crippen LogP contribution in [0.5, 0.6) is 0 Å². The molecule has 0 spiro atoms. The molecule has 9 nitrogen and oxygen atoms in total. The fourth-order valence-electron chi connectivity index (χ4n) is 7.47. The molecule has 4 atom stereocenters. The van der Waals surface area contributed by atoms with Crippen LogP contribution >= 0.6 is 12.4 Å². The van der Waals surface area contributed by atoms with Gasteiger partial charge in [0.15, 0.2) is 0 Å². The maximum atomic E-state index is 14.5. The summed E-state index contributed by atoms with van der Waals surface area (Å²) in [7, 11) is 1.72. The van der Waals surface area contributed by atoms with Crippen molar-refractivity contribution in [3.8, 4) is 0 Å². The van der Waals surface area contributed by atoms with Gasteiger partial charge in [0.05, 0.1) is 12.6 Å². The Bertz CT molecular complexity index is 1570. The average molecular weight is 660 g/mol. The maximum absolute atomic E-state index is 14.5. The third-order valence-electron chi connectivity index (χ3n) is 10.2. The van der Waals surface area contributed by atoms with E-state index in [2.05, 4.69) is 10.6 Å². The summed E-state index contributed by atoms with van der Waals surface area (Å²) in [6.45, 7) is 2.40. The standard InChI is InChI=1S/C37H45N5O4.ClH/c1-25(38-2)35(44)39-34(28-15-7-4-8-16-28)37(46)41-24-33(43)42-31(22-29-18-11-17-27-14-9-10-19-30(27)29)36(45)40(23-32(41)42)21-20-26-12-5-3-6-13-26;/h3,5-6,9-14,17-19,25,28,31-32,34,38H,4,7-8,15-16,20-24H2,1-2H3,(H,39,44);1H/t25-,31-,32+,34-;/m0./s1. The van der Waals surface area contributed by atoms with Crippen molar-refractivity contribution in [1.29, 1.82) is 0 Å². The molecule has 2 heterocycles. The lowest BCUT2D eigenvalue weighted by Crippen LogP contribution is -2.66. The van der Waals surface area contributed by atoms with Crippen LogP contribution in [-0.4, -0.2) is 89.3 Å². The van der Waals surface area contributed by atoms with E-state index in [1.807, 2.05) is 77.7 Å². The molecule has 0 aromatic heterocycles. The largest absolute Gasteiger partial charge is 0.343 e. The molecule has 0 unspecified atom stereocenters. The van der Waals surface area contributed by atoms with Crippen molar-refractivity contribution in [2.24, 2.45) is 5.92 Å². The lowest BCUT2D eigenvalue weighted by molar-refractivity contribution is -0.156. The van der Waals surface area contributed by atoms with Gasteiger partial charge >= 0.3 is 0 Å². The van der Waals surface area contributed by atoms with Crippen LogP contribution in [0.4, 0.5) is 0 Å². The van der Waals surface area contributed by atoms with Gasteiger partial charge in [-0.25, -0.2) is 0 Å². The minimum absolute atomic E-state index is 0. The third kappa shape index (κ3) is 7.31. The van der Waals surface area contributed by atoms with Gasteiger partial charge in [-0.1, -0.05) is 92.1 Å². The van der Waals surface area contributed by atoms with Gasteiger partial charge in [0.1, 0.15) is 24.8 Å². The van der Waals surface area contributed by atoms with Crippen LogP contribution in [0, 0.1) is 5.92 Å². The fourth-order valence-corrected chi connectivity index (χ4v) is 7.47. The van der Waals surface area contributed by atoms with Crippen LogP contribution in [0.1, 0.15) is 50.2 Å². The summed E-state index contributed by atoms with van der Waals surface area (Å²) in [5, 5.41) is 8.16. The van der Waals surface area contributed by atoms with Gasteiger partial charge in [0.2, 0.25) is 23.6 Å². The Labute approximate surface area is 283 Å². The number of likely N-dealkylation sites (N-methyl/N-ethyl adjacent to an activating group) is 1. The first kappa shape index (κ1) is 34.4. The number of piperazine rings is 1. The molecule has 1 saturated carbocycles. The first-order valence-corrected chi connectivity index (χ1v) is 16.7. The number of fused-ring (bicyclic) bond motifs is 2. The summed E-state index contributed by atoms with van der Waals surface area (Å²) >= 11 is 0. The molecule has 4 amide bonds. The van der Waals surface area contributed by atoms with Crippen molar-refractivity contribution in [3.05, 3.63) is 83.9 Å². The number of nitrogens with one attached hydrogen (secondary N) is 2. The fraction of sp³-hybridized carbons (Fsp3) is 0.459. The van der Waals surface area contributed by atoms with E-state index >= 15 is 0 Å². The summed E-state index contributed by atoms with van der Waals surface area (Å²) in [5.41, 5.74) is 2.11. The maximum Gasteiger partial charge on any atom is 0.247 e. The predicted molar refractivity (Wildman–Crippen MR) is 185 cm³/mol. The Morgan fingerprint density at radius 2 is 1.62 bits per heavy atom. The van der Waals surface area contributed by atoms with Gasteiger partial charge in [-0.3, -0.25) is 19.2 Å². The number of carbonyl (C=O) groups is 4. The monoisotopic (exact) mass is 659 g/mol. The molecule has 3 fully saturated rings. The van der Waals surface area contributed by atoms with Crippen LogP contribution in [0.3, 0.4) is 0 Å². The number of amides is 4. The van der Waals surface area contributed by atoms with E-state index in [1.54, 1.807) is 23.8 Å². The van der Waals surface area contributed by atoms with E-state index in [0.717, 1.165) is 54.0 Å². The number of rotatable bonds is 10. The van der Waals surface area contributed by atoms with Crippen molar-refractivity contribution in [3.63, 3.8) is 0 Å². The van der Waals surface area contributed by atoms with E-state index in [4.69, 9.17) is 0 Å². The van der Waals surface area contributed by atoms with Crippen molar-refractivity contribution in [2.75, 3.05) is 26.7 Å². The van der Waals surface area contributed by atoms with Crippen LogP contribution < -0.4 is 10.6 Å². The van der Waals surface area contributed by atoms with E-state index in [9.17, 15) is 19.2 Å². The molecule has 3 aliphatic rings. The Hall–Kier alpha value is -3.95. The summed E-state index contributed by atoms with van der Waals surface area (Å²) in [5.74, 6) is -0.777. The van der Waals surface area contributed by atoms with Crippen molar-refractivity contribution in [1.82, 2.24) is 25.3 Å². The Morgan fingerprint density at radius 1 is 0.915 bits per heavy atom. The highest BCUT2D eigenvalue weighted by Crippen LogP contribution is 2.33. The number of hydrogen-bond donors (Lipinski definition) is 2. The molecule has 6 rings (SSSR count). The number of hydrogen-bond acceptors (Lipinski definition) is 5. The highest BCUT2D eigenvalue weighted by Gasteiger charge is 2.52. The molecule has 0 bridgehead atoms. The summed E-state index contributed by atoms with van der Waals surface area (Å²) < 4.78 is 0. The molecule has 47 heavy (non-hydrogen) atoms. The summed E-state index contributed by atoms with van der Waals surface area (Å²) in [6, 6.07) is 22.3. The highest BCUT2D eigenvalue weighted by molar-refractivity contribution is 5.97. The zero-order valence-corrected chi connectivity index (χ0v) is 28.1. The Balaban J connectivity index is 0.00000433. The second-order valence-corrected chi connectivity index (χ2v) is 13.0. The van der Waals surface area contributed by atoms with Crippen LogP contribution in [0.2, 0.25) is 0 Å². The zero-order chi connectivity index (χ0) is 32.2. The quantitative estimate of drug-likeness (QED) is 0.344. The molecule has 2 N–H and O–H groups in total. The average Bonchev–Trinajstić information content (AvgIpc) is 3.43. The molecular formula is C37H46ClN5O4. The second kappa shape index (κ2) is 15.3. The molecule has 2 aliphatic heterocycles. The number of benzene rings is 3. The van der Waals surface area contributed by atoms with E-state index in [0.29, 0.717) is 19.4 Å². The molecule has 10 heteroatoms. The van der Waals surface area contributed by atoms with Gasteiger partial charge in [-0.2, -0.15) is 0 Å². The van der Waals surface area contributed by atoms with Gasteiger partial charge in [0, 0.05) is 13.0 Å². The molecule has 3 aromatic rings. The lowest BCUT2D eigenvalue weighted by atomic mass is 9.83. The van der Waals surface area contributed by atoms with E-state index in [1.165, 1.54) is 0 Å². The number of halogens is 1.